The van der Waals surface area contributed by atoms with Crippen LogP contribution in [-0.2, 0) is 0 Å². The van der Waals surface area contributed by atoms with E-state index in [9.17, 15) is 0 Å². The minimum absolute atomic E-state index is 1.00. The van der Waals surface area contributed by atoms with Gasteiger partial charge in [-0.25, -0.2) is 0 Å². The summed E-state index contributed by atoms with van der Waals surface area (Å²) in [5.74, 6) is 0. The zero-order chi connectivity index (χ0) is 22.7. The molecule has 0 amide bonds. The molecule has 6 rings (SSSR count). The molecule has 2 heteroatoms. The maximum Gasteiger partial charge on any atom is 0.0708 e. The maximum atomic E-state index is 4.78. The Balaban J connectivity index is 1.27. The lowest BCUT2D eigenvalue weighted by Crippen LogP contribution is -1.86. The van der Waals surface area contributed by atoms with E-state index in [2.05, 4.69) is 108 Å². The number of hydrogen-bond donors (Lipinski definition) is 0. The number of nitrogens with zero attached hydrogens (tertiary/aromatic N) is 2. The van der Waals surface area contributed by atoms with Gasteiger partial charge in [-0.2, -0.15) is 0 Å². The van der Waals surface area contributed by atoms with Gasteiger partial charge < -0.3 is 0 Å². The fourth-order valence-corrected chi connectivity index (χ4v) is 4.33. The monoisotopic (exact) mass is 434 g/mol. The molecule has 160 valence electrons. The van der Waals surface area contributed by atoms with Crippen LogP contribution in [-0.4, -0.2) is 9.97 Å². The molecule has 0 fully saturated rings. The van der Waals surface area contributed by atoms with Crippen LogP contribution in [0, 0.1) is 0 Å². The van der Waals surface area contributed by atoms with Crippen molar-refractivity contribution >= 4 is 10.9 Å². The van der Waals surface area contributed by atoms with Crippen LogP contribution in [0.2, 0.25) is 0 Å². The van der Waals surface area contributed by atoms with Gasteiger partial charge in [0.25, 0.3) is 0 Å². The fraction of sp³-hybridized carbons (Fsp3) is 0. The van der Waals surface area contributed by atoms with Crippen LogP contribution in [0.25, 0.3) is 55.4 Å². The Hall–Kier alpha value is -4.56. The van der Waals surface area contributed by atoms with Crippen molar-refractivity contribution in [1.29, 1.82) is 0 Å². The van der Waals surface area contributed by atoms with Crippen LogP contribution in [0.1, 0.15) is 0 Å². The molecule has 0 saturated carbocycles. The predicted molar refractivity (Wildman–Crippen MR) is 141 cm³/mol. The van der Waals surface area contributed by atoms with Gasteiger partial charge >= 0.3 is 0 Å². The van der Waals surface area contributed by atoms with Crippen LogP contribution in [0.15, 0.2) is 134 Å². The Morgan fingerprint density at radius 2 is 0.941 bits per heavy atom. The van der Waals surface area contributed by atoms with E-state index in [1.54, 1.807) is 6.20 Å². The van der Waals surface area contributed by atoms with Crippen molar-refractivity contribution in [3.8, 4) is 44.5 Å². The number of fused-ring (bicyclic) bond motifs is 1. The first-order valence-corrected chi connectivity index (χ1v) is 11.4. The van der Waals surface area contributed by atoms with Crippen molar-refractivity contribution in [3.63, 3.8) is 0 Å². The van der Waals surface area contributed by atoms with Crippen molar-refractivity contribution in [2.75, 3.05) is 0 Å². The smallest absolute Gasteiger partial charge is 0.0708 e. The molecular formula is C32H22N2. The second kappa shape index (κ2) is 8.76. The quantitative estimate of drug-likeness (QED) is 0.279. The summed E-state index contributed by atoms with van der Waals surface area (Å²) in [4.78, 5) is 8.99. The first kappa shape index (κ1) is 20.1. The summed E-state index contributed by atoms with van der Waals surface area (Å²) in [6.45, 7) is 0. The zero-order valence-corrected chi connectivity index (χ0v) is 18.6. The van der Waals surface area contributed by atoms with E-state index >= 15 is 0 Å². The molecule has 2 nitrogen and oxygen atoms in total. The number of hydrogen-bond acceptors (Lipinski definition) is 2. The molecule has 0 saturated heterocycles. The molecule has 6 aromatic rings. The van der Waals surface area contributed by atoms with E-state index in [-0.39, 0.29) is 0 Å². The molecular weight excluding hydrogens is 412 g/mol. The summed E-state index contributed by atoms with van der Waals surface area (Å²) in [5, 5.41) is 1.14. The highest BCUT2D eigenvalue weighted by molar-refractivity contribution is 5.88. The highest BCUT2D eigenvalue weighted by Gasteiger charge is 2.06. The van der Waals surface area contributed by atoms with Gasteiger partial charge in [0, 0.05) is 29.5 Å². The minimum Gasteiger partial charge on any atom is -0.264 e. The molecule has 0 atom stereocenters. The number of benzene rings is 4. The molecule has 34 heavy (non-hydrogen) atoms. The maximum absolute atomic E-state index is 4.78. The molecule has 0 radical (unpaired) electrons. The Bertz CT molecular complexity index is 1430. The molecule has 4 aromatic carbocycles. The van der Waals surface area contributed by atoms with Gasteiger partial charge in [-0.05, 0) is 57.1 Å². The number of pyridine rings is 2. The van der Waals surface area contributed by atoms with Crippen molar-refractivity contribution in [1.82, 2.24) is 9.97 Å². The van der Waals surface area contributed by atoms with E-state index in [1.807, 2.05) is 24.5 Å². The van der Waals surface area contributed by atoms with E-state index in [1.165, 1.54) is 22.3 Å². The molecule has 0 spiro atoms. The van der Waals surface area contributed by atoms with Crippen molar-refractivity contribution in [2.24, 2.45) is 0 Å². The number of aromatic nitrogens is 2. The van der Waals surface area contributed by atoms with Gasteiger partial charge in [0.2, 0.25) is 0 Å². The predicted octanol–water partition coefficient (Wildman–Crippen LogP) is 8.30. The molecule has 0 N–H and O–H groups in total. The van der Waals surface area contributed by atoms with Gasteiger partial charge in [-0.1, -0.05) is 97.1 Å². The van der Waals surface area contributed by atoms with Crippen molar-refractivity contribution in [2.45, 2.75) is 0 Å². The summed E-state index contributed by atoms with van der Waals surface area (Å²) in [7, 11) is 0. The third-order valence-electron chi connectivity index (χ3n) is 6.22. The van der Waals surface area contributed by atoms with E-state index < -0.39 is 0 Å². The van der Waals surface area contributed by atoms with Gasteiger partial charge in [0.05, 0.1) is 5.52 Å². The first-order valence-electron chi connectivity index (χ1n) is 11.4. The fourth-order valence-electron chi connectivity index (χ4n) is 4.33. The van der Waals surface area contributed by atoms with Crippen LogP contribution >= 0.6 is 0 Å². The highest BCUT2D eigenvalue weighted by atomic mass is 14.6. The van der Waals surface area contributed by atoms with Gasteiger partial charge in [0.15, 0.2) is 0 Å². The molecule has 2 heterocycles. The Morgan fingerprint density at radius 1 is 0.382 bits per heavy atom. The van der Waals surface area contributed by atoms with Crippen LogP contribution in [0.3, 0.4) is 0 Å². The van der Waals surface area contributed by atoms with E-state index in [0.717, 1.165) is 33.2 Å². The lowest BCUT2D eigenvalue weighted by molar-refractivity contribution is 1.33. The standard InChI is InChI=1S/C32H22N2/c1-2-5-23(6-3-1)24-8-10-25(11-9-24)28-16-17-29-19-31(22-34-32(29)20-28)27-14-12-26(13-15-27)30-7-4-18-33-21-30/h1-22H. The molecule has 0 aliphatic carbocycles. The van der Waals surface area contributed by atoms with Crippen LogP contribution in [0.5, 0.6) is 0 Å². The van der Waals surface area contributed by atoms with Crippen molar-refractivity contribution in [3.05, 3.63) is 134 Å². The Labute approximate surface area is 199 Å². The summed E-state index contributed by atoms with van der Waals surface area (Å²) in [6.07, 6.45) is 5.65. The number of rotatable bonds is 4. The third-order valence-corrected chi connectivity index (χ3v) is 6.22. The molecule has 0 unspecified atom stereocenters. The molecule has 2 aromatic heterocycles. The summed E-state index contributed by atoms with van der Waals surface area (Å²) < 4.78 is 0. The summed E-state index contributed by atoms with van der Waals surface area (Å²) in [6, 6.07) is 40.5. The summed E-state index contributed by atoms with van der Waals surface area (Å²) >= 11 is 0. The third kappa shape index (κ3) is 3.98. The van der Waals surface area contributed by atoms with E-state index in [4.69, 9.17) is 4.98 Å². The first-order chi connectivity index (χ1) is 16.8. The molecule has 0 aliphatic heterocycles. The lowest BCUT2D eigenvalue weighted by Gasteiger charge is -2.08. The SMILES string of the molecule is c1ccc(-c2ccc(-c3ccc4cc(-c5ccc(-c6cccnc6)cc5)cnc4c3)cc2)cc1. The lowest BCUT2D eigenvalue weighted by atomic mass is 9.98. The summed E-state index contributed by atoms with van der Waals surface area (Å²) in [5.41, 5.74) is 10.4. The molecule has 0 bridgehead atoms. The average molecular weight is 435 g/mol. The normalized spacial score (nSPS) is 10.9. The zero-order valence-electron chi connectivity index (χ0n) is 18.6. The average Bonchev–Trinajstić information content (AvgIpc) is 2.94. The van der Waals surface area contributed by atoms with E-state index in [0.29, 0.717) is 0 Å². The Kier molecular flexibility index (Phi) is 5.17. The van der Waals surface area contributed by atoms with Gasteiger partial charge in [-0.15, -0.1) is 0 Å². The van der Waals surface area contributed by atoms with Gasteiger partial charge in [0.1, 0.15) is 0 Å². The van der Waals surface area contributed by atoms with Crippen molar-refractivity contribution < 1.29 is 0 Å². The second-order valence-corrected chi connectivity index (χ2v) is 8.39. The highest BCUT2D eigenvalue weighted by Crippen LogP contribution is 2.30. The minimum atomic E-state index is 1.00. The largest absolute Gasteiger partial charge is 0.264 e. The van der Waals surface area contributed by atoms with Crippen LogP contribution < -0.4 is 0 Å². The van der Waals surface area contributed by atoms with Gasteiger partial charge in [-0.3, -0.25) is 9.97 Å². The second-order valence-electron chi connectivity index (χ2n) is 8.39. The molecule has 0 aliphatic rings. The Morgan fingerprint density at radius 3 is 1.62 bits per heavy atom. The topological polar surface area (TPSA) is 25.8 Å². The van der Waals surface area contributed by atoms with Crippen LogP contribution in [0.4, 0.5) is 0 Å².